The lowest BCUT2D eigenvalue weighted by Gasteiger charge is -2.31. The predicted molar refractivity (Wildman–Crippen MR) is 64.8 cm³/mol. The average molecular weight is 234 g/mol. The van der Waals surface area contributed by atoms with Crippen molar-refractivity contribution in [3.8, 4) is 0 Å². The van der Waals surface area contributed by atoms with Gasteiger partial charge in [0.1, 0.15) is 6.10 Å². The van der Waals surface area contributed by atoms with Gasteiger partial charge in [0.05, 0.1) is 13.0 Å². The number of pyridine rings is 1. The Morgan fingerprint density at radius 3 is 3.18 bits per heavy atom. The van der Waals surface area contributed by atoms with Crippen molar-refractivity contribution in [2.75, 3.05) is 26.2 Å². The van der Waals surface area contributed by atoms with Crippen LogP contribution in [0.4, 0.5) is 0 Å². The Morgan fingerprint density at radius 2 is 2.47 bits per heavy atom. The summed E-state index contributed by atoms with van der Waals surface area (Å²) in [5.41, 5.74) is 0.815. The molecule has 0 bridgehead atoms. The minimum Gasteiger partial charge on any atom is -0.368 e. The first-order valence-corrected chi connectivity index (χ1v) is 6.06. The smallest absolute Gasteiger partial charge is 0.168 e. The number of rotatable bonds is 4. The van der Waals surface area contributed by atoms with Crippen molar-refractivity contribution in [3.05, 3.63) is 30.1 Å². The minimum atomic E-state index is -0.286. The zero-order valence-corrected chi connectivity index (χ0v) is 10.1. The molecule has 0 saturated carbocycles. The summed E-state index contributed by atoms with van der Waals surface area (Å²) in [5, 5.41) is 0. The van der Waals surface area contributed by atoms with Crippen LogP contribution < -0.4 is 0 Å². The summed E-state index contributed by atoms with van der Waals surface area (Å²) in [6.07, 6.45) is 1.79. The third-order valence-corrected chi connectivity index (χ3v) is 3.04. The molecule has 1 aliphatic rings. The van der Waals surface area contributed by atoms with E-state index in [-0.39, 0.29) is 11.9 Å². The highest BCUT2D eigenvalue weighted by atomic mass is 16.5. The van der Waals surface area contributed by atoms with Crippen LogP contribution in [-0.4, -0.2) is 48.0 Å². The van der Waals surface area contributed by atoms with Gasteiger partial charge < -0.3 is 4.74 Å². The van der Waals surface area contributed by atoms with E-state index in [1.54, 1.807) is 6.20 Å². The van der Waals surface area contributed by atoms with Gasteiger partial charge in [-0.3, -0.25) is 14.7 Å². The standard InChI is InChI=1S/C13H18N2O2/c1-2-15-7-8-17-13(10-15)12(16)9-11-5-3-4-6-14-11/h3-6,13H,2,7-10H2,1H3. The molecule has 0 spiro atoms. The molecule has 0 radical (unpaired) electrons. The predicted octanol–water partition coefficient (Wildman–Crippen LogP) is 0.914. The van der Waals surface area contributed by atoms with Crippen molar-refractivity contribution in [2.45, 2.75) is 19.4 Å². The minimum absolute atomic E-state index is 0.127. The van der Waals surface area contributed by atoms with E-state index >= 15 is 0 Å². The number of Topliss-reactive ketones (excluding diaryl/α,β-unsaturated/α-hetero) is 1. The van der Waals surface area contributed by atoms with Crippen molar-refractivity contribution < 1.29 is 9.53 Å². The van der Waals surface area contributed by atoms with E-state index in [0.717, 1.165) is 18.8 Å². The fourth-order valence-electron chi connectivity index (χ4n) is 1.98. The zero-order chi connectivity index (χ0) is 12.1. The summed E-state index contributed by atoms with van der Waals surface area (Å²) in [7, 11) is 0. The molecule has 1 aliphatic heterocycles. The Balaban J connectivity index is 1.91. The monoisotopic (exact) mass is 234 g/mol. The lowest BCUT2D eigenvalue weighted by molar-refractivity contribution is -0.135. The van der Waals surface area contributed by atoms with E-state index in [9.17, 15) is 4.79 Å². The number of morpholine rings is 1. The molecule has 1 fully saturated rings. The van der Waals surface area contributed by atoms with Gasteiger partial charge in [0.25, 0.3) is 0 Å². The van der Waals surface area contributed by atoms with Crippen LogP contribution in [0.5, 0.6) is 0 Å². The van der Waals surface area contributed by atoms with Crippen LogP contribution in [-0.2, 0) is 16.0 Å². The van der Waals surface area contributed by atoms with Crippen LogP contribution in [0.3, 0.4) is 0 Å². The molecule has 4 nitrogen and oxygen atoms in total. The first-order valence-electron chi connectivity index (χ1n) is 6.06. The fourth-order valence-corrected chi connectivity index (χ4v) is 1.98. The first kappa shape index (κ1) is 12.2. The summed E-state index contributed by atoms with van der Waals surface area (Å²) >= 11 is 0. The van der Waals surface area contributed by atoms with Crippen LogP contribution in [0.15, 0.2) is 24.4 Å². The van der Waals surface area contributed by atoms with E-state index in [4.69, 9.17) is 4.74 Å². The van der Waals surface area contributed by atoms with Crippen molar-refractivity contribution in [1.82, 2.24) is 9.88 Å². The molecule has 2 rings (SSSR count). The fraction of sp³-hybridized carbons (Fsp3) is 0.538. The highest BCUT2D eigenvalue weighted by Gasteiger charge is 2.25. The van der Waals surface area contributed by atoms with Gasteiger partial charge in [-0.2, -0.15) is 0 Å². The summed E-state index contributed by atoms with van der Waals surface area (Å²) in [4.78, 5) is 18.4. The lowest BCUT2D eigenvalue weighted by atomic mass is 10.1. The second-order valence-electron chi connectivity index (χ2n) is 4.22. The summed E-state index contributed by atoms with van der Waals surface area (Å²) in [5.74, 6) is 0.127. The van der Waals surface area contributed by atoms with E-state index in [2.05, 4.69) is 16.8 Å². The molecular formula is C13H18N2O2. The van der Waals surface area contributed by atoms with Crippen molar-refractivity contribution in [2.24, 2.45) is 0 Å². The molecule has 1 atom stereocenters. The molecule has 2 heterocycles. The van der Waals surface area contributed by atoms with Gasteiger partial charge in [-0.25, -0.2) is 0 Å². The van der Waals surface area contributed by atoms with E-state index in [1.807, 2.05) is 18.2 Å². The number of ketones is 1. The molecule has 0 aromatic carbocycles. The molecule has 4 heteroatoms. The maximum Gasteiger partial charge on any atom is 0.168 e. The largest absolute Gasteiger partial charge is 0.368 e. The summed E-state index contributed by atoms with van der Waals surface area (Å²) in [6, 6.07) is 5.62. The summed E-state index contributed by atoms with van der Waals surface area (Å²) < 4.78 is 5.53. The lowest BCUT2D eigenvalue weighted by Crippen LogP contribution is -2.46. The SMILES string of the molecule is CCN1CCOC(C(=O)Cc2ccccn2)C1. The molecule has 0 amide bonds. The molecule has 0 aliphatic carbocycles. The number of likely N-dealkylation sites (N-methyl/N-ethyl adjacent to an activating group) is 1. The van der Waals surface area contributed by atoms with Crippen LogP contribution >= 0.6 is 0 Å². The van der Waals surface area contributed by atoms with Gasteiger partial charge in [-0.15, -0.1) is 0 Å². The first-order chi connectivity index (χ1) is 8.29. The third-order valence-electron chi connectivity index (χ3n) is 3.04. The van der Waals surface area contributed by atoms with Gasteiger partial charge in [0.2, 0.25) is 0 Å². The molecule has 1 unspecified atom stereocenters. The molecule has 1 saturated heterocycles. The Bertz CT molecular complexity index is 367. The number of carbonyl (C=O) groups is 1. The Morgan fingerprint density at radius 1 is 1.59 bits per heavy atom. The molecule has 92 valence electrons. The third kappa shape index (κ3) is 3.35. The highest BCUT2D eigenvalue weighted by Crippen LogP contribution is 2.08. The van der Waals surface area contributed by atoms with Gasteiger partial charge in [-0.1, -0.05) is 13.0 Å². The van der Waals surface area contributed by atoms with Crippen molar-refractivity contribution in [1.29, 1.82) is 0 Å². The number of hydrogen-bond acceptors (Lipinski definition) is 4. The van der Waals surface area contributed by atoms with E-state index in [0.29, 0.717) is 19.6 Å². The highest BCUT2D eigenvalue weighted by molar-refractivity contribution is 5.85. The Labute approximate surface area is 102 Å². The number of aromatic nitrogens is 1. The second-order valence-corrected chi connectivity index (χ2v) is 4.22. The molecule has 1 aromatic heterocycles. The van der Waals surface area contributed by atoms with Gasteiger partial charge in [-0.05, 0) is 18.7 Å². The number of ether oxygens (including phenoxy) is 1. The average Bonchev–Trinajstić information content (AvgIpc) is 2.40. The van der Waals surface area contributed by atoms with Crippen molar-refractivity contribution >= 4 is 5.78 Å². The van der Waals surface area contributed by atoms with Crippen LogP contribution in [0, 0.1) is 0 Å². The number of carbonyl (C=O) groups excluding carboxylic acids is 1. The molecular weight excluding hydrogens is 216 g/mol. The van der Waals surface area contributed by atoms with Crippen LogP contribution in [0.25, 0.3) is 0 Å². The van der Waals surface area contributed by atoms with Gasteiger partial charge in [0, 0.05) is 25.0 Å². The summed E-state index contributed by atoms with van der Waals surface area (Å²) in [6.45, 7) is 5.35. The normalized spacial score (nSPS) is 21.4. The van der Waals surface area contributed by atoms with E-state index in [1.165, 1.54) is 0 Å². The Kier molecular flexibility index (Phi) is 4.23. The maximum atomic E-state index is 12.0. The molecule has 1 aromatic rings. The quantitative estimate of drug-likeness (QED) is 0.776. The maximum absolute atomic E-state index is 12.0. The van der Waals surface area contributed by atoms with Crippen LogP contribution in [0.2, 0.25) is 0 Å². The Hall–Kier alpha value is -1.26. The van der Waals surface area contributed by atoms with Crippen LogP contribution in [0.1, 0.15) is 12.6 Å². The molecule has 0 N–H and O–H groups in total. The second kappa shape index (κ2) is 5.89. The number of nitrogens with zero attached hydrogens (tertiary/aromatic N) is 2. The number of hydrogen-bond donors (Lipinski definition) is 0. The van der Waals surface area contributed by atoms with E-state index < -0.39 is 0 Å². The zero-order valence-electron chi connectivity index (χ0n) is 10.1. The topological polar surface area (TPSA) is 42.4 Å². The molecule has 17 heavy (non-hydrogen) atoms. The van der Waals surface area contributed by atoms with Gasteiger partial charge in [0.15, 0.2) is 5.78 Å². The van der Waals surface area contributed by atoms with Crippen molar-refractivity contribution in [3.63, 3.8) is 0 Å². The van der Waals surface area contributed by atoms with Gasteiger partial charge >= 0.3 is 0 Å².